The molecule has 1 N–H and O–H groups in total. The van der Waals surface area contributed by atoms with E-state index < -0.39 is 10.0 Å². The summed E-state index contributed by atoms with van der Waals surface area (Å²) in [5, 5.41) is 2.68. The second-order valence-electron chi connectivity index (χ2n) is 7.21. The Labute approximate surface area is 185 Å². The normalized spacial score (nSPS) is 12.6. The maximum atomic E-state index is 12.2. The molecule has 28 heavy (non-hydrogen) atoms. The molecule has 0 aromatic heterocycles. The van der Waals surface area contributed by atoms with Crippen LogP contribution in [0.5, 0.6) is 5.75 Å². The number of benzene rings is 1. The van der Waals surface area contributed by atoms with E-state index in [4.69, 9.17) is 39.5 Å². The number of carbonyl (C=O) groups excluding carboxylic acids is 1. The van der Waals surface area contributed by atoms with Gasteiger partial charge in [-0.1, -0.05) is 124 Å². The first-order valence-corrected chi connectivity index (χ1v) is 11.6. The lowest BCUT2D eigenvalue weighted by Gasteiger charge is -2.26. The molecule has 1 amide bonds. The van der Waals surface area contributed by atoms with Crippen LogP contribution in [0.1, 0.15) is 84.0 Å². The fourth-order valence-corrected chi connectivity index (χ4v) is 3.28. The summed E-state index contributed by atoms with van der Waals surface area (Å²) in [5.41, 5.74) is 0. The molecule has 0 saturated carbocycles. The van der Waals surface area contributed by atoms with Crippen molar-refractivity contribution in [3.05, 3.63) is 30.3 Å². The average molecular weight is 451 g/mol. The first-order valence-electron chi connectivity index (χ1n) is 10.5. The molecule has 3 nitrogen and oxygen atoms in total. The highest BCUT2D eigenvalue weighted by atomic mass is 35.6. The summed E-state index contributed by atoms with van der Waals surface area (Å²) in [7, 11) is 0. The summed E-state index contributed by atoms with van der Waals surface area (Å²) < 4.78 is 3.88. The molecule has 1 rings (SSSR count). The third-order valence-corrected chi connectivity index (χ3v) is 5.19. The number of nitrogens with one attached hydrogen (secondary N) is 1. The van der Waals surface area contributed by atoms with Crippen molar-refractivity contribution in [2.24, 2.45) is 0 Å². The number of unbranched alkanes of at least 4 members (excludes halogenated alkanes) is 10. The number of alkyl halides is 3. The molecule has 0 heterocycles. The van der Waals surface area contributed by atoms with Gasteiger partial charge < -0.3 is 10.1 Å². The first kappa shape index (κ1) is 25.4. The highest BCUT2D eigenvalue weighted by Crippen LogP contribution is 2.32. The lowest BCUT2D eigenvalue weighted by Crippen LogP contribution is -2.47. The van der Waals surface area contributed by atoms with Gasteiger partial charge in [0.1, 0.15) is 5.75 Å². The largest absolute Gasteiger partial charge is 0.466 e. The average Bonchev–Trinajstić information content (AvgIpc) is 2.65. The summed E-state index contributed by atoms with van der Waals surface area (Å²) in [5.74, 6) is 0.372. The Morgan fingerprint density at radius 2 is 1.39 bits per heavy atom. The lowest BCUT2D eigenvalue weighted by molar-refractivity contribution is -0.123. The zero-order chi connectivity index (χ0) is 20.7. The van der Waals surface area contributed by atoms with Crippen LogP contribution in [-0.2, 0) is 4.79 Å². The quantitative estimate of drug-likeness (QED) is 0.170. The fraction of sp³-hybridized carbons (Fsp3) is 0.682. The van der Waals surface area contributed by atoms with E-state index in [1.54, 1.807) is 12.1 Å². The van der Waals surface area contributed by atoms with E-state index >= 15 is 0 Å². The third-order valence-electron chi connectivity index (χ3n) is 4.59. The number of carbonyl (C=O) groups is 1. The van der Waals surface area contributed by atoms with Crippen molar-refractivity contribution in [3.63, 3.8) is 0 Å². The molecule has 1 atom stereocenters. The van der Waals surface area contributed by atoms with Crippen molar-refractivity contribution in [2.45, 2.75) is 94.0 Å². The number of halogens is 3. The number of hydrogen-bond donors (Lipinski definition) is 1. The minimum Gasteiger partial charge on any atom is -0.466 e. The van der Waals surface area contributed by atoms with E-state index in [0.29, 0.717) is 12.2 Å². The van der Waals surface area contributed by atoms with Crippen LogP contribution in [0.25, 0.3) is 0 Å². The van der Waals surface area contributed by atoms with Crippen molar-refractivity contribution in [2.75, 3.05) is 0 Å². The molecule has 0 unspecified atom stereocenters. The van der Waals surface area contributed by atoms with E-state index in [1.165, 1.54) is 51.4 Å². The van der Waals surface area contributed by atoms with Crippen LogP contribution >= 0.6 is 34.8 Å². The summed E-state index contributed by atoms with van der Waals surface area (Å²) in [4.78, 5) is 12.2. The standard InChI is InChI=1S/C22H34Cl3NO2/c1-2-3-4-5-6-7-8-9-10-11-15-18-20(27)26-21(22(23,24)25)28-19-16-13-12-14-17-19/h12-14,16-17,21H,2-11,15,18H2,1H3,(H,26,27)/t21-/m1/s1. The van der Waals surface area contributed by atoms with E-state index in [1.807, 2.05) is 18.2 Å². The second-order valence-corrected chi connectivity index (χ2v) is 9.57. The van der Waals surface area contributed by atoms with Gasteiger partial charge in [-0.05, 0) is 18.6 Å². The van der Waals surface area contributed by atoms with Crippen LogP contribution in [0.2, 0.25) is 0 Å². The lowest BCUT2D eigenvalue weighted by atomic mass is 10.1. The Kier molecular flexibility index (Phi) is 13.8. The molecule has 1 aromatic rings. The van der Waals surface area contributed by atoms with Crippen LogP contribution < -0.4 is 10.1 Å². The molecule has 0 aliphatic heterocycles. The van der Waals surface area contributed by atoms with E-state index in [2.05, 4.69) is 12.2 Å². The van der Waals surface area contributed by atoms with Crippen LogP contribution in [0.4, 0.5) is 0 Å². The van der Waals surface area contributed by atoms with Gasteiger partial charge in [-0.3, -0.25) is 4.79 Å². The SMILES string of the molecule is CCCCCCCCCCCCCC(=O)N[C@H](Oc1ccccc1)C(Cl)(Cl)Cl. The topological polar surface area (TPSA) is 38.3 Å². The fourth-order valence-electron chi connectivity index (χ4n) is 2.98. The van der Waals surface area contributed by atoms with Crippen molar-refractivity contribution in [1.82, 2.24) is 5.32 Å². The highest BCUT2D eigenvalue weighted by Gasteiger charge is 2.36. The summed E-state index contributed by atoms with van der Waals surface area (Å²) in [6, 6.07) is 9.00. The van der Waals surface area contributed by atoms with Gasteiger partial charge in [0.2, 0.25) is 15.9 Å². The molecule has 160 valence electrons. The number of hydrogen-bond acceptors (Lipinski definition) is 2. The molecule has 0 radical (unpaired) electrons. The Bertz CT molecular complexity index is 520. The van der Waals surface area contributed by atoms with Gasteiger partial charge in [0.05, 0.1) is 0 Å². The second kappa shape index (κ2) is 15.2. The van der Waals surface area contributed by atoms with Gasteiger partial charge in [0, 0.05) is 6.42 Å². The highest BCUT2D eigenvalue weighted by molar-refractivity contribution is 6.68. The molecular weight excluding hydrogens is 417 g/mol. The van der Waals surface area contributed by atoms with Crippen molar-refractivity contribution >= 4 is 40.7 Å². The minimum atomic E-state index is -1.75. The molecule has 0 aliphatic rings. The zero-order valence-corrected chi connectivity index (χ0v) is 19.2. The molecule has 0 bridgehead atoms. The van der Waals surface area contributed by atoms with Gasteiger partial charge >= 0.3 is 0 Å². The predicted molar refractivity (Wildman–Crippen MR) is 120 cm³/mol. The Morgan fingerprint density at radius 1 is 0.893 bits per heavy atom. The Balaban J connectivity index is 2.15. The zero-order valence-electron chi connectivity index (χ0n) is 16.9. The van der Waals surface area contributed by atoms with E-state index in [0.717, 1.165) is 19.3 Å². The number of rotatable bonds is 15. The Hall–Kier alpha value is -0.640. The van der Waals surface area contributed by atoms with Crippen molar-refractivity contribution in [1.29, 1.82) is 0 Å². The maximum absolute atomic E-state index is 12.2. The molecule has 0 fully saturated rings. The maximum Gasteiger partial charge on any atom is 0.246 e. The number of para-hydroxylation sites is 1. The van der Waals surface area contributed by atoms with Gasteiger partial charge in [-0.15, -0.1) is 0 Å². The molecule has 0 saturated heterocycles. The van der Waals surface area contributed by atoms with Gasteiger partial charge in [0.25, 0.3) is 0 Å². The summed E-state index contributed by atoms with van der Waals surface area (Å²) in [6.45, 7) is 2.24. The third kappa shape index (κ3) is 12.7. The Morgan fingerprint density at radius 3 is 1.89 bits per heavy atom. The molecule has 6 heteroatoms. The van der Waals surface area contributed by atoms with Crippen LogP contribution in [0.3, 0.4) is 0 Å². The van der Waals surface area contributed by atoms with Gasteiger partial charge in [-0.25, -0.2) is 0 Å². The molecule has 1 aromatic carbocycles. The van der Waals surface area contributed by atoms with Crippen LogP contribution in [-0.4, -0.2) is 15.9 Å². The van der Waals surface area contributed by atoms with E-state index in [-0.39, 0.29) is 5.91 Å². The number of amides is 1. The summed E-state index contributed by atoms with van der Waals surface area (Å²) >= 11 is 17.9. The van der Waals surface area contributed by atoms with Crippen molar-refractivity contribution in [3.8, 4) is 5.75 Å². The van der Waals surface area contributed by atoms with Crippen molar-refractivity contribution < 1.29 is 9.53 Å². The van der Waals surface area contributed by atoms with Gasteiger partial charge in [-0.2, -0.15) is 0 Å². The van der Waals surface area contributed by atoms with Crippen LogP contribution in [0, 0.1) is 0 Å². The number of ether oxygens (including phenoxy) is 1. The molecular formula is C22H34Cl3NO2. The minimum absolute atomic E-state index is 0.164. The van der Waals surface area contributed by atoms with Crippen LogP contribution in [0.15, 0.2) is 30.3 Å². The summed E-state index contributed by atoms with van der Waals surface area (Å²) in [6.07, 6.45) is 13.0. The smallest absolute Gasteiger partial charge is 0.246 e. The van der Waals surface area contributed by atoms with E-state index in [9.17, 15) is 4.79 Å². The molecule has 0 aliphatic carbocycles. The molecule has 0 spiro atoms. The predicted octanol–water partition coefficient (Wildman–Crippen LogP) is 7.58. The first-order chi connectivity index (χ1) is 13.4. The monoisotopic (exact) mass is 449 g/mol. The van der Waals surface area contributed by atoms with Gasteiger partial charge in [0.15, 0.2) is 0 Å².